The summed E-state index contributed by atoms with van der Waals surface area (Å²) in [5.41, 5.74) is 0.306. The number of carbonyl (C=O) groups is 1. The molecule has 0 unspecified atom stereocenters. The molecule has 26 heavy (non-hydrogen) atoms. The second kappa shape index (κ2) is 9.35. The molecule has 2 aromatic carbocycles. The Morgan fingerprint density at radius 3 is 2.50 bits per heavy atom. The van der Waals surface area contributed by atoms with Crippen LogP contribution in [0.3, 0.4) is 0 Å². The second-order valence-corrected chi connectivity index (χ2v) is 7.79. The largest absolute Gasteiger partial charge is 0.494 e. The second-order valence-electron chi connectivity index (χ2n) is 6.07. The van der Waals surface area contributed by atoms with Crippen molar-refractivity contribution in [3.05, 3.63) is 60.2 Å². The van der Waals surface area contributed by atoms with E-state index < -0.39 is 10.0 Å². The fraction of sp³-hybridized carbons (Fsp3) is 0.316. The van der Waals surface area contributed by atoms with E-state index in [1.165, 1.54) is 12.1 Å². The van der Waals surface area contributed by atoms with Crippen LogP contribution >= 0.6 is 0 Å². The van der Waals surface area contributed by atoms with Gasteiger partial charge in [-0.1, -0.05) is 24.3 Å². The molecular formula is C19H24N2O4S. The third-order valence-corrected chi connectivity index (χ3v) is 5.07. The van der Waals surface area contributed by atoms with Crippen LogP contribution in [0.5, 0.6) is 5.75 Å². The average molecular weight is 376 g/mol. The molecule has 2 aromatic rings. The van der Waals surface area contributed by atoms with Crippen LogP contribution in [-0.4, -0.2) is 33.5 Å². The van der Waals surface area contributed by atoms with Gasteiger partial charge >= 0.3 is 0 Å². The van der Waals surface area contributed by atoms with Crippen molar-refractivity contribution in [1.29, 1.82) is 0 Å². The van der Waals surface area contributed by atoms with Gasteiger partial charge in [0.25, 0.3) is 5.91 Å². The summed E-state index contributed by atoms with van der Waals surface area (Å²) in [6.45, 7) is 4.40. The highest BCUT2D eigenvalue weighted by atomic mass is 32.2. The lowest BCUT2D eigenvalue weighted by molar-refractivity contribution is 0.0951. The number of sulfonamides is 1. The van der Waals surface area contributed by atoms with Crippen molar-refractivity contribution >= 4 is 15.9 Å². The number of amides is 1. The Kier molecular flexibility index (Phi) is 7.17. The molecule has 0 bridgehead atoms. The summed E-state index contributed by atoms with van der Waals surface area (Å²) < 4.78 is 32.4. The first kappa shape index (κ1) is 19.9. The summed E-state index contributed by atoms with van der Waals surface area (Å²) >= 11 is 0. The number of para-hydroxylation sites is 1. The minimum Gasteiger partial charge on any atom is -0.494 e. The van der Waals surface area contributed by atoms with Crippen molar-refractivity contribution in [2.75, 3.05) is 13.2 Å². The van der Waals surface area contributed by atoms with Gasteiger partial charge in [-0.3, -0.25) is 4.79 Å². The van der Waals surface area contributed by atoms with Crippen molar-refractivity contribution in [1.82, 2.24) is 10.0 Å². The quantitative estimate of drug-likeness (QED) is 0.659. The summed E-state index contributed by atoms with van der Waals surface area (Å²) in [7, 11) is -3.63. The van der Waals surface area contributed by atoms with Gasteiger partial charge in [-0.2, -0.15) is 0 Å². The number of ether oxygens (including phenoxy) is 1. The first-order valence-electron chi connectivity index (χ1n) is 8.47. The number of hydrogen-bond acceptors (Lipinski definition) is 4. The molecule has 0 aliphatic carbocycles. The van der Waals surface area contributed by atoms with E-state index in [1.54, 1.807) is 26.0 Å². The van der Waals surface area contributed by atoms with Crippen LogP contribution in [0, 0.1) is 0 Å². The molecule has 0 aliphatic heterocycles. The summed E-state index contributed by atoms with van der Waals surface area (Å²) in [4.78, 5) is 12.3. The van der Waals surface area contributed by atoms with E-state index in [1.807, 2.05) is 30.3 Å². The van der Waals surface area contributed by atoms with Crippen molar-refractivity contribution in [3.63, 3.8) is 0 Å². The summed E-state index contributed by atoms with van der Waals surface area (Å²) in [5.74, 6) is 0.473. The fourth-order valence-electron chi connectivity index (χ4n) is 2.27. The lowest BCUT2D eigenvalue weighted by Gasteiger charge is -2.11. The third-order valence-electron chi connectivity index (χ3n) is 3.42. The molecule has 0 saturated carbocycles. The van der Waals surface area contributed by atoms with Crippen LogP contribution in [0.15, 0.2) is 59.5 Å². The van der Waals surface area contributed by atoms with E-state index in [2.05, 4.69) is 10.0 Å². The van der Waals surface area contributed by atoms with Crippen molar-refractivity contribution in [3.8, 4) is 5.75 Å². The number of carbonyl (C=O) groups excluding carboxylic acids is 1. The maximum Gasteiger partial charge on any atom is 0.251 e. The molecule has 0 spiro atoms. The van der Waals surface area contributed by atoms with E-state index in [9.17, 15) is 13.2 Å². The minimum absolute atomic E-state index is 0.0752. The zero-order valence-electron chi connectivity index (χ0n) is 14.9. The van der Waals surface area contributed by atoms with Crippen molar-refractivity contribution in [2.45, 2.75) is 31.2 Å². The monoisotopic (exact) mass is 376 g/mol. The van der Waals surface area contributed by atoms with E-state index in [0.29, 0.717) is 25.1 Å². The van der Waals surface area contributed by atoms with Crippen LogP contribution in [0.4, 0.5) is 0 Å². The van der Waals surface area contributed by atoms with Gasteiger partial charge in [-0.25, -0.2) is 13.1 Å². The van der Waals surface area contributed by atoms with Gasteiger partial charge in [-0.05, 0) is 50.6 Å². The minimum atomic E-state index is -3.63. The van der Waals surface area contributed by atoms with Crippen LogP contribution in [0.1, 0.15) is 30.6 Å². The Morgan fingerprint density at radius 1 is 1.08 bits per heavy atom. The van der Waals surface area contributed by atoms with Crippen LogP contribution in [0.2, 0.25) is 0 Å². The van der Waals surface area contributed by atoms with Crippen molar-refractivity contribution in [2.24, 2.45) is 0 Å². The molecule has 0 heterocycles. The Bertz CT molecular complexity index is 820. The standard InChI is InChI=1S/C19H24N2O4S/c1-15(2)21-26(23,24)18-11-6-8-16(14-18)19(22)20-12-7-13-25-17-9-4-3-5-10-17/h3-6,8-11,14-15,21H,7,12-13H2,1-2H3,(H,20,22). The number of nitrogens with one attached hydrogen (secondary N) is 2. The molecule has 6 nitrogen and oxygen atoms in total. The van der Waals surface area contributed by atoms with E-state index in [0.717, 1.165) is 5.75 Å². The van der Waals surface area contributed by atoms with Crippen molar-refractivity contribution < 1.29 is 17.9 Å². The predicted octanol–water partition coefficient (Wildman–Crippen LogP) is 2.57. The topological polar surface area (TPSA) is 84.5 Å². The normalized spacial score (nSPS) is 11.3. The highest BCUT2D eigenvalue weighted by molar-refractivity contribution is 7.89. The number of rotatable bonds is 9. The maximum atomic E-state index is 12.2. The first-order valence-corrected chi connectivity index (χ1v) is 9.95. The molecule has 0 saturated heterocycles. The predicted molar refractivity (Wildman–Crippen MR) is 101 cm³/mol. The van der Waals surface area contributed by atoms with Gasteiger partial charge in [0.2, 0.25) is 10.0 Å². The Labute approximate surface area is 154 Å². The number of hydrogen-bond donors (Lipinski definition) is 2. The average Bonchev–Trinajstić information content (AvgIpc) is 2.61. The number of benzene rings is 2. The Balaban J connectivity index is 1.85. The summed E-state index contributed by atoms with van der Waals surface area (Å²) in [6, 6.07) is 15.2. The summed E-state index contributed by atoms with van der Waals surface area (Å²) in [5, 5.41) is 2.77. The molecule has 2 N–H and O–H groups in total. The first-order chi connectivity index (χ1) is 12.4. The lowest BCUT2D eigenvalue weighted by Crippen LogP contribution is -2.30. The molecule has 0 radical (unpaired) electrons. The van der Waals surface area contributed by atoms with Crippen LogP contribution < -0.4 is 14.8 Å². The SMILES string of the molecule is CC(C)NS(=O)(=O)c1cccc(C(=O)NCCCOc2ccccc2)c1. The molecule has 0 aromatic heterocycles. The van der Waals surface area contributed by atoms with Gasteiger partial charge < -0.3 is 10.1 Å². The fourth-order valence-corrected chi connectivity index (χ4v) is 3.56. The molecule has 0 atom stereocenters. The highest BCUT2D eigenvalue weighted by Gasteiger charge is 2.17. The van der Waals surface area contributed by atoms with Gasteiger partial charge in [0.05, 0.1) is 11.5 Å². The Morgan fingerprint density at radius 2 is 1.81 bits per heavy atom. The van der Waals surface area contributed by atoms with E-state index in [4.69, 9.17) is 4.74 Å². The van der Waals surface area contributed by atoms with Gasteiger partial charge in [0.15, 0.2) is 0 Å². The smallest absolute Gasteiger partial charge is 0.251 e. The lowest BCUT2D eigenvalue weighted by atomic mass is 10.2. The third kappa shape index (κ3) is 6.16. The van der Waals surface area contributed by atoms with Gasteiger partial charge in [0.1, 0.15) is 5.75 Å². The molecule has 1 amide bonds. The summed E-state index contributed by atoms with van der Waals surface area (Å²) in [6.07, 6.45) is 0.646. The Hall–Kier alpha value is -2.38. The van der Waals surface area contributed by atoms with E-state index >= 15 is 0 Å². The van der Waals surface area contributed by atoms with Crippen LogP contribution in [0.25, 0.3) is 0 Å². The zero-order chi connectivity index (χ0) is 19.0. The maximum absolute atomic E-state index is 12.2. The van der Waals surface area contributed by atoms with Gasteiger partial charge in [-0.15, -0.1) is 0 Å². The van der Waals surface area contributed by atoms with Gasteiger partial charge in [0, 0.05) is 18.2 Å². The highest BCUT2D eigenvalue weighted by Crippen LogP contribution is 2.12. The molecule has 140 valence electrons. The molecule has 0 aliphatic rings. The zero-order valence-corrected chi connectivity index (χ0v) is 15.8. The van der Waals surface area contributed by atoms with E-state index in [-0.39, 0.29) is 16.8 Å². The molecular weight excluding hydrogens is 352 g/mol. The van der Waals surface area contributed by atoms with Crippen LogP contribution in [-0.2, 0) is 10.0 Å². The molecule has 7 heteroatoms. The molecule has 0 fully saturated rings. The molecule has 2 rings (SSSR count).